The molecule has 0 radical (unpaired) electrons. The lowest BCUT2D eigenvalue weighted by Gasteiger charge is -2.18. The van der Waals surface area contributed by atoms with Crippen LogP contribution in [0, 0.1) is 29.6 Å². The Bertz CT molecular complexity index is 959. The predicted octanol–water partition coefficient (Wildman–Crippen LogP) is 3.20. The number of nitrogens with one attached hydrogen (secondary N) is 1. The van der Waals surface area contributed by atoms with E-state index in [-0.39, 0.29) is 28.4 Å². The third-order valence-corrected chi connectivity index (χ3v) is 4.02. The number of aromatic nitrogens is 1. The number of ether oxygens (including phenoxy) is 1. The van der Waals surface area contributed by atoms with Crippen molar-refractivity contribution in [1.29, 1.82) is 10.5 Å². The van der Waals surface area contributed by atoms with Gasteiger partial charge in [-0.25, -0.2) is 0 Å². The highest BCUT2D eigenvalue weighted by Crippen LogP contribution is 2.37. The second kappa shape index (κ2) is 7.11. The van der Waals surface area contributed by atoms with Gasteiger partial charge in [0.05, 0.1) is 6.61 Å². The van der Waals surface area contributed by atoms with Crippen LogP contribution in [0.3, 0.4) is 0 Å². The number of benzene rings is 1. The van der Waals surface area contributed by atoms with Gasteiger partial charge >= 0.3 is 0 Å². The van der Waals surface area contributed by atoms with Crippen molar-refractivity contribution in [3.8, 4) is 29.0 Å². The van der Waals surface area contributed by atoms with Crippen LogP contribution in [0.5, 0.6) is 5.75 Å². The molecule has 0 bridgehead atoms. The molecule has 0 aliphatic carbocycles. The van der Waals surface area contributed by atoms with Crippen molar-refractivity contribution in [1.82, 2.24) is 4.98 Å². The van der Waals surface area contributed by atoms with Crippen LogP contribution >= 0.6 is 0 Å². The van der Waals surface area contributed by atoms with Crippen LogP contribution in [0.15, 0.2) is 16.9 Å². The molecule has 0 amide bonds. The molecule has 128 valence electrons. The molecule has 3 N–H and O–H groups in total. The summed E-state index contributed by atoms with van der Waals surface area (Å²) in [5, 5.41) is 18.9. The third kappa shape index (κ3) is 3.20. The van der Waals surface area contributed by atoms with Gasteiger partial charge in [0.25, 0.3) is 5.56 Å². The second-order valence-corrected chi connectivity index (χ2v) is 6.01. The standard InChI is InChI=1S/C19H20N4O2/c1-5-25-16-6-11(4)13(7-12(16)10(2)3)17-14(8-20)18(22)23-19(24)15(17)9-21/h6-7,10H,5H2,1-4H3,(H3,22,23,24). The van der Waals surface area contributed by atoms with E-state index in [1.807, 2.05) is 52.0 Å². The van der Waals surface area contributed by atoms with Gasteiger partial charge in [-0.3, -0.25) is 4.79 Å². The minimum absolute atomic E-state index is 0.0409. The van der Waals surface area contributed by atoms with Gasteiger partial charge in [0, 0.05) is 5.56 Å². The Morgan fingerprint density at radius 3 is 2.40 bits per heavy atom. The van der Waals surface area contributed by atoms with Crippen LogP contribution in [0.2, 0.25) is 0 Å². The summed E-state index contributed by atoms with van der Waals surface area (Å²) in [5.41, 5.74) is 7.83. The van der Waals surface area contributed by atoms with Gasteiger partial charge in [-0.05, 0) is 48.6 Å². The highest BCUT2D eigenvalue weighted by molar-refractivity contribution is 5.82. The Labute approximate surface area is 146 Å². The monoisotopic (exact) mass is 336 g/mol. The van der Waals surface area contributed by atoms with Gasteiger partial charge in [-0.1, -0.05) is 13.8 Å². The number of nitrogens with zero attached hydrogens (tertiary/aromatic N) is 2. The molecule has 0 unspecified atom stereocenters. The highest BCUT2D eigenvalue weighted by Gasteiger charge is 2.21. The maximum Gasteiger partial charge on any atom is 0.268 e. The average Bonchev–Trinajstić information content (AvgIpc) is 2.54. The Kier molecular flexibility index (Phi) is 5.14. The Balaban J connectivity index is 2.93. The average molecular weight is 336 g/mol. The lowest BCUT2D eigenvalue weighted by atomic mass is 9.89. The third-order valence-electron chi connectivity index (χ3n) is 4.02. The van der Waals surface area contributed by atoms with Crippen molar-refractivity contribution >= 4 is 5.82 Å². The number of H-pyrrole nitrogens is 1. The molecule has 25 heavy (non-hydrogen) atoms. The molecular formula is C19H20N4O2. The van der Waals surface area contributed by atoms with Crippen molar-refractivity contribution < 1.29 is 4.74 Å². The van der Waals surface area contributed by atoms with Gasteiger partial charge in [-0.15, -0.1) is 0 Å². The summed E-state index contributed by atoms with van der Waals surface area (Å²) < 4.78 is 5.71. The first kappa shape index (κ1) is 18.1. The van der Waals surface area contributed by atoms with Gasteiger partial charge in [0.15, 0.2) is 0 Å². The van der Waals surface area contributed by atoms with Crippen molar-refractivity contribution in [2.75, 3.05) is 12.3 Å². The molecule has 0 atom stereocenters. The van der Waals surface area contributed by atoms with E-state index in [1.165, 1.54) is 0 Å². The molecule has 6 heteroatoms. The summed E-state index contributed by atoms with van der Waals surface area (Å²) in [7, 11) is 0. The lowest BCUT2D eigenvalue weighted by molar-refractivity contribution is 0.335. The van der Waals surface area contributed by atoms with Crippen LogP contribution < -0.4 is 16.0 Å². The van der Waals surface area contributed by atoms with E-state index in [0.29, 0.717) is 12.2 Å². The molecule has 1 heterocycles. The molecule has 6 nitrogen and oxygen atoms in total. The molecular weight excluding hydrogens is 316 g/mol. The topological polar surface area (TPSA) is 116 Å². The van der Waals surface area contributed by atoms with Crippen molar-refractivity contribution in [2.24, 2.45) is 0 Å². The number of hydrogen-bond donors (Lipinski definition) is 2. The number of aryl methyl sites for hydroxylation is 1. The zero-order valence-electron chi connectivity index (χ0n) is 14.7. The first-order chi connectivity index (χ1) is 11.8. The molecule has 0 spiro atoms. The molecule has 0 fully saturated rings. The van der Waals surface area contributed by atoms with Crippen molar-refractivity contribution in [3.63, 3.8) is 0 Å². The smallest absolute Gasteiger partial charge is 0.268 e. The number of anilines is 1. The number of aromatic amines is 1. The summed E-state index contributed by atoms with van der Waals surface area (Å²) in [5.74, 6) is 0.880. The number of rotatable bonds is 4. The van der Waals surface area contributed by atoms with E-state index in [9.17, 15) is 15.3 Å². The minimum Gasteiger partial charge on any atom is -0.494 e. The first-order valence-corrected chi connectivity index (χ1v) is 7.99. The number of nitrogen functional groups attached to an aromatic ring is 1. The van der Waals surface area contributed by atoms with E-state index < -0.39 is 5.56 Å². The van der Waals surface area contributed by atoms with E-state index in [1.54, 1.807) is 0 Å². The Morgan fingerprint density at radius 1 is 1.24 bits per heavy atom. The molecule has 0 saturated heterocycles. The number of hydrogen-bond acceptors (Lipinski definition) is 5. The van der Waals surface area contributed by atoms with Crippen molar-refractivity contribution in [3.05, 3.63) is 44.7 Å². The zero-order chi connectivity index (χ0) is 18.7. The molecule has 0 saturated carbocycles. The summed E-state index contributed by atoms with van der Waals surface area (Å²) in [6, 6.07) is 7.65. The summed E-state index contributed by atoms with van der Waals surface area (Å²) in [6.07, 6.45) is 0. The quantitative estimate of drug-likeness (QED) is 0.889. The zero-order valence-corrected chi connectivity index (χ0v) is 14.7. The van der Waals surface area contributed by atoms with Gasteiger partial charge in [-0.2, -0.15) is 10.5 Å². The van der Waals surface area contributed by atoms with Crippen LogP contribution in [-0.4, -0.2) is 11.6 Å². The van der Waals surface area contributed by atoms with Gasteiger partial charge in [0.1, 0.15) is 34.8 Å². The Morgan fingerprint density at radius 2 is 1.88 bits per heavy atom. The summed E-state index contributed by atoms with van der Waals surface area (Å²) in [6.45, 7) is 8.34. The maximum atomic E-state index is 12.1. The molecule has 1 aromatic carbocycles. The van der Waals surface area contributed by atoms with Crippen LogP contribution in [0.25, 0.3) is 11.1 Å². The molecule has 0 aliphatic heterocycles. The largest absolute Gasteiger partial charge is 0.494 e. The summed E-state index contributed by atoms with van der Waals surface area (Å²) >= 11 is 0. The molecule has 2 aromatic rings. The maximum absolute atomic E-state index is 12.1. The number of nitrogens with two attached hydrogens (primary N) is 1. The van der Waals surface area contributed by atoms with E-state index >= 15 is 0 Å². The fraction of sp³-hybridized carbons (Fsp3) is 0.316. The fourth-order valence-corrected chi connectivity index (χ4v) is 2.81. The normalized spacial score (nSPS) is 10.4. The minimum atomic E-state index is -0.603. The molecule has 0 aliphatic rings. The molecule has 2 rings (SSSR count). The fourth-order valence-electron chi connectivity index (χ4n) is 2.81. The predicted molar refractivity (Wildman–Crippen MR) is 96.3 cm³/mol. The van der Waals surface area contributed by atoms with Crippen LogP contribution in [0.1, 0.15) is 48.9 Å². The van der Waals surface area contributed by atoms with E-state index in [0.717, 1.165) is 16.9 Å². The van der Waals surface area contributed by atoms with Gasteiger partial charge < -0.3 is 15.5 Å². The molecule has 1 aromatic heterocycles. The second-order valence-electron chi connectivity index (χ2n) is 6.01. The first-order valence-electron chi connectivity index (χ1n) is 7.99. The number of pyridine rings is 1. The van der Waals surface area contributed by atoms with E-state index in [2.05, 4.69) is 4.98 Å². The van der Waals surface area contributed by atoms with E-state index in [4.69, 9.17) is 10.5 Å². The highest BCUT2D eigenvalue weighted by atomic mass is 16.5. The van der Waals surface area contributed by atoms with Crippen molar-refractivity contribution in [2.45, 2.75) is 33.6 Å². The summed E-state index contributed by atoms with van der Waals surface area (Å²) in [4.78, 5) is 14.5. The SMILES string of the molecule is CCOc1cc(C)c(-c2c(C#N)c(N)[nH]c(=O)c2C#N)cc1C(C)C. The van der Waals surface area contributed by atoms with Crippen LogP contribution in [0.4, 0.5) is 5.82 Å². The van der Waals surface area contributed by atoms with Crippen LogP contribution in [-0.2, 0) is 0 Å². The lowest BCUT2D eigenvalue weighted by Crippen LogP contribution is -2.16. The van der Waals surface area contributed by atoms with Gasteiger partial charge in [0.2, 0.25) is 0 Å². The Hall–Kier alpha value is -3.25. The number of nitriles is 2.